The van der Waals surface area contributed by atoms with Crippen LogP contribution in [-0.2, 0) is 18.4 Å². The van der Waals surface area contributed by atoms with Gasteiger partial charge >= 0.3 is 0 Å². The highest BCUT2D eigenvalue weighted by Crippen LogP contribution is 2.25. The Morgan fingerprint density at radius 2 is 2.30 bits per heavy atom. The van der Waals surface area contributed by atoms with Crippen LogP contribution in [0.3, 0.4) is 0 Å². The van der Waals surface area contributed by atoms with Gasteiger partial charge in [0.1, 0.15) is 12.4 Å². The molecule has 2 N–H and O–H groups in total. The molecule has 1 aliphatic heterocycles. The largest absolute Gasteiger partial charge is 0.370 e. The summed E-state index contributed by atoms with van der Waals surface area (Å²) in [5, 5.41) is 12.9. The third-order valence-electron chi connectivity index (χ3n) is 4.41. The van der Waals surface area contributed by atoms with Crippen LogP contribution < -0.4 is 5.73 Å². The lowest BCUT2D eigenvalue weighted by Gasteiger charge is -2.31. The van der Waals surface area contributed by atoms with E-state index >= 15 is 0 Å². The van der Waals surface area contributed by atoms with Crippen molar-refractivity contribution in [2.45, 2.75) is 31.7 Å². The fourth-order valence-corrected chi connectivity index (χ4v) is 3.15. The van der Waals surface area contributed by atoms with Gasteiger partial charge in [-0.25, -0.2) is 0 Å². The summed E-state index contributed by atoms with van der Waals surface area (Å²) in [6, 6.07) is 1.90. The minimum absolute atomic E-state index is 0.243. The maximum atomic E-state index is 11.0. The number of amides is 1. The van der Waals surface area contributed by atoms with Gasteiger partial charge in [-0.05, 0) is 25.5 Å². The van der Waals surface area contributed by atoms with Crippen LogP contribution in [0.5, 0.6) is 0 Å². The topological polar surface area (TPSA) is 94.9 Å². The molecule has 1 saturated heterocycles. The number of aromatic nitrogens is 5. The Labute approximate surface area is 135 Å². The molecule has 23 heavy (non-hydrogen) atoms. The molecule has 8 nitrogen and oxygen atoms in total. The third-order valence-corrected chi connectivity index (χ3v) is 4.41. The lowest BCUT2D eigenvalue weighted by Crippen LogP contribution is -2.37. The van der Waals surface area contributed by atoms with E-state index in [9.17, 15) is 4.79 Å². The number of carbonyl (C=O) groups excluding carboxylic acids is 1. The average Bonchev–Trinajstić information content (AvgIpc) is 3.17. The zero-order valence-electron chi connectivity index (χ0n) is 13.4. The number of rotatable bonds is 6. The quantitative estimate of drug-likeness (QED) is 0.816. The van der Waals surface area contributed by atoms with Gasteiger partial charge in [0.25, 0.3) is 0 Å². The van der Waals surface area contributed by atoms with Gasteiger partial charge in [0, 0.05) is 44.9 Å². The van der Waals surface area contributed by atoms with Gasteiger partial charge in [-0.15, -0.1) is 10.2 Å². The maximum absolute atomic E-state index is 11.0. The normalized spacial score (nSPS) is 19.1. The Kier molecular flexibility index (Phi) is 4.71. The van der Waals surface area contributed by atoms with E-state index in [-0.39, 0.29) is 5.91 Å². The molecule has 0 unspecified atom stereocenters. The molecular formula is C15H23N7O. The maximum Gasteiger partial charge on any atom is 0.218 e. The van der Waals surface area contributed by atoms with Gasteiger partial charge in [-0.3, -0.25) is 9.48 Å². The van der Waals surface area contributed by atoms with E-state index < -0.39 is 0 Å². The van der Waals surface area contributed by atoms with E-state index in [4.69, 9.17) is 5.73 Å². The molecule has 1 amide bonds. The first-order chi connectivity index (χ1) is 11.1. The minimum Gasteiger partial charge on any atom is -0.370 e. The first-order valence-electron chi connectivity index (χ1n) is 7.99. The average molecular weight is 317 g/mol. The summed E-state index contributed by atoms with van der Waals surface area (Å²) in [5.74, 6) is 2.02. The van der Waals surface area contributed by atoms with Gasteiger partial charge in [0.2, 0.25) is 5.91 Å². The fraction of sp³-hybridized carbons (Fsp3) is 0.600. The van der Waals surface area contributed by atoms with Crippen molar-refractivity contribution in [1.82, 2.24) is 29.4 Å². The Morgan fingerprint density at radius 1 is 1.43 bits per heavy atom. The number of primary amides is 1. The lowest BCUT2D eigenvalue weighted by atomic mass is 9.97. The van der Waals surface area contributed by atoms with Crippen LogP contribution in [0.1, 0.15) is 36.8 Å². The van der Waals surface area contributed by atoms with E-state index in [1.165, 1.54) is 0 Å². The highest BCUT2D eigenvalue weighted by Gasteiger charge is 2.26. The molecule has 3 rings (SSSR count). The van der Waals surface area contributed by atoms with Crippen LogP contribution >= 0.6 is 0 Å². The number of carbonyl (C=O) groups is 1. The molecule has 0 spiro atoms. The zero-order chi connectivity index (χ0) is 16.2. The monoisotopic (exact) mass is 317 g/mol. The molecule has 8 heteroatoms. The van der Waals surface area contributed by atoms with Crippen LogP contribution in [0.2, 0.25) is 0 Å². The van der Waals surface area contributed by atoms with Gasteiger partial charge in [0.05, 0.1) is 0 Å². The van der Waals surface area contributed by atoms with Crippen molar-refractivity contribution in [3.8, 4) is 0 Å². The Hall–Kier alpha value is -2.22. The summed E-state index contributed by atoms with van der Waals surface area (Å²) in [5.41, 5.74) is 5.25. The molecule has 1 fully saturated rings. The standard InChI is InChI=1S/C15H23N7O/c1-20-14(11-22-8-3-6-17-22)18-19-15(20)12-4-2-7-21(10-12)9-5-13(16)23/h3,6,8,12H,2,4-5,7,9-11H2,1H3,(H2,16,23)/t12-/m0/s1. The van der Waals surface area contributed by atoms with E-state index in [0.29, 0.717) is 18.9 Å². The summed E-state index contributed by atoms with van der Waals surface area (Å²) in [7, 11) is 2.01. The van der Waals surface area contributed by atoms with Crippen LogP contribution in [0.25, 0.3) is 0 Å². The predicted octanol–water partition coefficient (Wildman–Crippen LogP) is 0.115. The summed E-state index contributed by atoms with van der Waals surface area (Å²) < 4.78 is 3.91. The first-order valence-corrected chi connectivity index (χ1v) is 7.99. The molecule has 0 aliphatic carbocycles. The Bertz CT molecular complexity index is 649. The molecular weight excluding hydrogens is 294 g/mol. The van der Waals surface area contributed by atoms with Crippen molar-refractivity contribution in [3.05, 3.63) is 30.1 Å². The minimum atomic E-state index is -0.243. The van der Waals surface area contributed by atoms with E-state index in [1.54, 1.807) is 6.20 Å². The van der Waals surface area contributed by atoms with E-state index in [2.05, 4.69) is 24.8 Å². The van der Waals surface area contributed by atoms with Crippen molar-refractivity contribution in [2.24, 2.45) is 12.8 Å². The molecule has 2 aromatic rings. The SMILES string of the molecule is Cn1c(Cn2cccn2)nnc1[C@H]1CCCN(CCC(N)=O)C1. The van der Waals surface area contributed by atoms with Crippen LogP contribution in [0.15, 0.2) is 18.5 Å². The lowest BCUT2D eigenvalue weighted by molar-refractivity contribution is -0.118. The molecule has 0 bridgehead atoms. The molecule has 0 radical (unpaired) electrons. The first kappa shape index (κ1) is 15.7. The predicted molar refractivity (Wildman–Crippen MR) is 84.6 cm³/mol. The summed E-state index contributed by atoms with van der Waals surface area (Å²) in [6.07, 6.45) is 6.29. The van der Waals surface area contributed by atoms with Gasteiger partial charge in [-0.2, -0.15) is 5.10 Å². The molecule has 1 aliphatic rings. The van der Waals surface area contributed by atoms with Crippen molar-refractivity contribution in [2.75, 3.05) is 19.6 Å². The number of nitrogens with two attached hydrogens (primary N) is 1. The molecule has 0 saturated carbocycles. The smallest absolute Gasteiger partial charge is 0.218 e. The highest BCUT2D eigenvalue weighted by atomic mass is 16.1. The molecule has 0 aromatic carbocycles. The number of hydrogen-bond donors (Lipinski definition) is 1. The van der Waals surface area contributed by atoms with Crippen molar-refractivity contribution in [1.29, 1.82) is 0 Å². The Morgan fingerprint density at radius 3 is 3.04 bits per heavy atom. The number of piperidine rings is 1. The van der Waals surface area contributed by atoms with E-state index in [1.807, 2.05) is 24.0 Å². The van der Waals surface area contributed by atoms with Crippen molar-refractivity contribution >= 4 is 5.91 Å². The van der Waals surface area contributed by atoms with Crippen LogP contribution in [0, 0.1) is 0 Å². The second-order valence-corrected chi connectivity index (χ2v) is 6.09. The second kappa shape index (κ2) is 6.91. The second-order valence-electron chi connectivity index (χ2n) is 6.09. The van der Waals surface area contributed by atoms with Gasteiger partial charge < -0.3 is 15.2 Å². The highest BCUT2D eigenvalue weighted by molar-refractivity contribution is 5.73. The summed E-state index contributed by atoms with van der Waals surface area (Å²) >= 11 is 0. The Balaban J connectivity index is 1.66. The number of likely N-dealkylation sites (tertiary alicyclic amines) is 1. The zero-order valence-corrected chi connectivity index (χ0v) is 13.4. The fourth-order valence-electron chi connectivity index (χ4n) is 3.15. The molecule has 3 heterocycles. The van der Waals surface area contributed by atoms with Crippen LogP contribution in [0.4, 0.5) is 0 Å². The van der Waals surface area contributed by atoms with Crippen molar-refractivity contribution < 1.29 is 4.79 Å². The third kappa shape index (κ3) is 3.76. The molecule has 124 valence electrons. The summed E-state index contributed by atoms with van der Waals surface area (Å²) in [6.45, 7) is 3.27. The van der Waals surface area contributed by atoms with Gasteiger partial charge in [0.15, 0.2) is 5.82 Å². The van der Waals surface area contributed by atoms with E-state index in [0.717, 1.165) is 44.1 Å². The molecule has 2 aromatic heterocycles. The van der Waals surface area contributed by atoms with Crippen molar-refractivity contribution in [3.63, 3.8) is 0 Å². The molecule has 1 atom stereocenters. The number of hydrogen-bond acceptors (Lipinski definition) is 5. The number of nitrogens with zero attached hydrogens (tertiary/aromatic N) is 6. The summed E-state index contributed by atoms with van der Waals surface area (Å²) in [4.78, 5) is 13.3. The van der Waals surface area contributed by atoms with Gasteiger partial charge in [-0.1, -0.05) is 0 Å². The van der Waals surface area contributed by atoms with Crippen LogP contribution in [-0.4, -0.2) is 55.0 Å².